The topological polar surface area (TPSA) is 26.3 Å². The number of halogens is 1. The molecule has 0 amide bonds. The van der Waals surface area contributed by atoms with Gasteiger partial charge in [0.15, 0.2) is 17.3 Å². The van der Waals surface area contributed by atoms with Crippen molar-refractivity contribution >= 4 is 5.78 Å². The zero-order chi connectivity index (χ0) is 11.3. The maximum atomic E-state index is 13.2. The molecule has 1 aromatic rings. The molecule has 0 unspecified atom stereocenters. The van der Waals surface area contributed by atoms with Gasteiger partial charge in [0.25, 0.3) is 0 Å². The van der Waals surface area contributed by atoms with Gasteiger partial charge in [-0.3, -0.25) is 4.79 Å². The van der Waals surface area contributed by atoms with Crippen LogP contribution in [0.5, 0.6) is 5.75 Å². The monoisotopic (exact) mass is 206 g/mol. The summed E-state index contributed by atoms with van der Waals surface area (Å²) in [6.45, 7) is 0. The molecule has 0 aromatic heterocycles. The van der Waals surface area contributed by atoms with E-state index in [1.54, 1.807) is 0 Å². The average Bonchev–Trinajstić information content (AvgIpc) is 2.25. The molecule has 0 bridgehead atoms. The number of methoxy groups -OCH3 is 1. The highest BCUT2D eigenvalue weighted by molar-refractivity contribution is 5.96. The first-order chi connectivity index (χ1) is 7.19. The van der Waals surface area contributed by atoms with Gasteiger partial charge in [0.05, 0.1) is 7.11 Å². The third-order valence-electron chi connectivity index (χ3n) is 1.97. The van der Waals surface area contributed by atoms with Crippen molar-refractivity contribution in [3.63, 3.8) is 0 Å². The van der Waals surface area contributed by atoms with Gasteiger partial charge in [0, 0.05) is 18.4 Å². The van der Waals surface area contributed by atoms with Gasteiger partial charge >= 0.3 is 0 Å². The van der Waals surface area contributed by atoms with Crippen molar-refractivity contribution in [2.75, 3.05) is 7.11 Å². The number of rotatable bonds is 4. The van der Waals surface area contributed by atoms with Crippen LogP contribution in [0.2, 0.25) is 0 Å². The lowest BCUT2D eigenvalue weighted by atomic mass is 10.1. The van der Waals surface area contributed by atoms with Gasteiger partial charge in [0.2, 0.25) is 0 Å². The van der Waals surface area contributed by atoms with Crippen LogP contribution >= 0.6 is 0 Å². The number of ether oxygens (including phenoxy) is 1. The molecule has 0 fully saturated rings. The summed E-state index contributed by atoms with van der Waals surface area (Å²) in [4.78, 5) is 11.5. The minimum Gasteiger partial charge on any atom is -0.494 e. The Kier molecular flexibility index (Phi) is 3.87. The number of benzene rings is 1. The number of carbonyl (C=O) groups is 1. The Labute approximate surface area is 88.1 Å². The van der Waals surface area contributed by atoms with Gasteiger partial charge in [-0.2, -0.15) is 0 Å². The Hall–Kier alpha value is -1.82. The van der Waals surface area contributed by atoms with Crippen LogP contribution in [-0.2, 0) is 0 Å². The quantitative estimate of drug-likeness (QED) is 0.558. The minimum absolute atomic E-state index is 0.128. The largest absolute Gasteiger partial charge is 0.494 e. The van der Waals surface area contributed by atoms with Crippen molar-refractivity contribution < 1.29 is 13.9 Å². The van der Waals surface area contributed by atoms with E-state index in [-0.39, 0.29) is 18.0 Å². The minimum atomic E-state index is -0.538. The maximum Gasteiger partial charge on any atom is 0.165 e. The second-order valence-corrected chi connectivity index (χ2v) is 2.98. The number of ketones is 1. The van der Waals surface area contributed by atoms with Gasteiger partial charge in [-0.15, -0.1) is 12.3 Å². The summed E-state index contributed by atoms with van der Waals surface area (Å²) >= 11 is 0. The van der Waals surface area contributed by atoms with Crippen LogP contribution in [0.4, 0.5) is 4.39 Å². The Bertz CT molecular complexity index is 405. The van der Waals surface area contributed by atoms with Crippen LogP contribution in [0.1, 0.15) is 23.2 Å². The van der Waals surface area contributed by atoms with Crippen LogP contribution in [0.3, 0.4) is 0 Å². The van der Waals surface area contributed by atoms with Crippen LogP contribution < -0.4 is 4.74 Å². The lowest BCUT2D eigenvalue weighted by molar-refractivity contribution is 0.0984. The molecule has 0 heterocycles. The SMILES string of the molecule is C#CCCC(=O)c1ccc(OC)c(F)c1. The van der Waals surface area contributed by atoms with E-state index < -0.39 is 5.82 Å². The second kappa shape index (κ2) is 5.16. The number of hydrogen-bond donors (Lipinski definition) is 0. The molecular weight excluding hydrogens is 195 g/mol. The molecule has 3 heteroatoms. The zero-order valence-corrected chi connectivity index (χ0v) is 8.42. The third-order valence-corrected chi connectivity index (χ3v) is 1.97. The summed E-state index contributed by atoms with van der Waals surface area (Å²) in [7, 11) is 1.37. The molecule has 0 atom stereocenters. The fraction of sp³-hybridized carbons (Fsp3) is 0.250. The van der Waals surface area contributed by atoms with E-state index in [2.05, 4.69) is 5.92 Å². The smallest absolute Gasteiger partial charge is 0.165 e. The first-order valence-corrected chi connectivity index (χ1v) is 4.49. The molecule has 0 radical (unpaired) electrons. The fourth-order valence-corrected chi connectivity index (χ4v) is 1.17. The molecule has 0 aliphatic heterocycles. The normalized spacial score (nSPS) is 9.40. The molecule has 0 N–H and O–H groups in total. The molecule has 1 aromatic carbocycles. The summed E-state index contributed by atoms with van der Waals surface area (Å²) in [6.07, 6.45) is 5.64. The molecule has 0 aliphatic carbocycles. The molecule has 15 heavy (non-hydrogen) atoms. The molecule has 0 saturated carbocycles. The standard InChI is InChI=1S/C12H11FO2/c1-3-4-5-11(14)9-6-7-12(15-2)10(13)8-9/h1,6-8H,4-5H2,2H3. The van der Waals surface area contributed by atoms with Gasteiger partial charge in [-0.05, 0) is 18.2 Å². The van der Waals surface area contributed by atoms with Gasteiger partial charge in [-0.25, -0.2) is 4.39 Å². The summed E-state index contributed by atoms with van der Waals surface area (Å²) in [5.41, 5.74) is 0.323. The van der Waals surface area contributed by atoms with Crippen molar-refractivity contribution in [1.82, 2.24) is 0 Å². The Morgan fingerprint density at radius 3 is 2.87 bits per heavy atom. The first kappa shape index (κ1) is 11.3. The maximum absolute atomic E-state index is 13.2. The Morgan fingerprint density at radius 2 is 2.33 bits per heavy atom. The van der Waals surface area contributed by atoms with E-state index in [0.29, 0.717) is 12.0 Å². The fourth-order valence-electron chi connectivity index (χ4n) is 1.17. The number of carbonyl (C=O) groups excluding carboxylic acids is 1. The predicted molar refractivity (Wildman–Crippen MR) is 55.3 cm³/mol. The van der Waals surface area contributed by atoms with Crippen molar-refractivity contribution in [3.05, 3.63) is 29.6 Å². The molecule has 2 nitrogen and oxygen atoms in total. The third kappa shape index (κ3) is 2.81. The van der Waals surface area contributed by atoms with Crippen molar-refractivity contribution in [3.8, 4) is 18.1 Å². The van der Waals surface area contributed by atoms with Gasteiger partial charge < -0.3 is 4.74 Å². The van der Waals surface area contributed by atoms with E-state index in [1.165, 1.54) is 19.2 Å². The van der Waals surface area contributed by atoms with Crippen molar-refractivity contribution in [2.24, 2.45) is 0 Å². The Balaban J connectivity index is 2.84. The number of terminal acetylenes is 1. The van der Waals surface area contributed by atoms with Crippen LogP contribution in [0.15, 0.2) is 18.2 Å². The van der Waals surface area contributed by atoms with Gasteiger partial charge in [-0.1, -0.05) is 0 Å². The lowest BCUT2D eigenvalue weighted by Gasteiger charge is -2.03. The van der Waals surface area contributed by atoms with E-state index in [9.17, 15) is 9.18 Å². The van der Waals surface area contributed by atoms with E-state index in [0.717, 1.165) is 6.07 Å². The van der Waals surface area contributed by atoms with Gasteiger partial charge in [0.1, 0.15) is 0 Å². The highest BCUT2D eigenvalue weighted by atomic mass is 19.1. The van der Waals surface area contributed by atoms with Crippen LogP contribution in [0.25, 0.3) is 0 Å². The summed E-state index contributed by atoms with van der Waals surface area (Å²) < 4.78 is 18.0. The van der Waals surface area contributed by atoms with E-state index >= 15 is 0 Å². The Morgan fingerprint density at radius 1 is 1.60 bits per heavy atom. The first-order valence-electron chi connectivity index (χ1n) is 4.49. The van der Waals surface area contributed by atoms with E-state index in [1.807, 2.05) is 0 Å². The predicted octanol–water partition coefficient (Wildman–Crippen LogP) is 2.43. The second-order valence-electron chi connectivity index (χ2n) is 2.98. The number of Topliss-reactive ketones (excluding diaryl/α,β-unsaturated/α-hetero) is 1. The molecule has 78 valence electrons. The zero-order valence-electron chi connectivity index (χ0n) is 8.42. The number of hydrogen-bond acceptors (Lipinski definition) is 2. The molecule has 0 spiro atoms. The highest BCUT2D eigenvalue weighted by Gasteiger charge is 2.09. The molecular formula is C12H11FO2. The van der Waals surface area contributed by atoms with Crippen LogP contribution in [0, 0.1) is 18.2 Å². The summed E-state index contributed by atoms with van der Waals surface area (Å²) in [6, 6.07) is 4.12. The average molecular weight is 206 g/mol. The van der Waals surface area contributed by atoms with E-state index in [4.69, 9.17) is 11.2 Å². The summed E-state index contributed by atoms with van der Waals surface area (Å²) in [5, 5.41) is 0. The van der Waals surface area contributed by atoms with Crippen LogP contribution in [-0.4, -0.2) is 12.9 Å². The molecule has 0 saturated heterocycles. The highest BCUT2D eigenvalue weighted by Crippen LogP contribution is 2.18. The van der Waals surface area contributed by atoms with Crippen molar-refractivity contribution in [2.45, 2.75) is 12.8 Å². The molecule has 1 rings (SSSR count). The lowest BCUT2D eigenvalue weighted by Crippen LogP contribution is -2.00. The summed E-state index contributed by atoms with van der Waals surface area (Å²) in [5.74, 6) is 1.80. The molecule has 0 aliphatic rings. The van der Waals surface area contributed by atoms with Crippen molar-refractivity contribution in [1.29, 1.82) is 0 Å².